The Bertz CT molecular complexity index is 82.7. The van der Waals surface area contributed by atoms with E-state index >= 15 is 0 Å². The van der Waals surface area contributed by atoms with Crippen LogP contribution in [0.1, 0.15) is 26.7 Å². The van der Waals surface area contributed by atoms with Crippen molar-refractivity contribution in [3.63, 3.8) is 0 Å². The molecule has 0 nitrogen and oxygen atoms in total. The lowest BCUT2D eigenvalue weighted by Crippen LogP contribution is -1.75. The summed E-state index contributed by atoms with van der Waals surface area (Å²) in [5, 5.41) is 0. The van der Waals surface area contributed by atoms with E-state index < -0.39 is 11.7 Å². The minimum absolute atomic E-state index is 0.166. The van der Waals surface area contributed by atoms with Crippen LogP contribution in [-0.2, 0) is 0 Å². The predicted octanol–water partition coefficient (Wildman–Crippen LogP) is 2.96. The van der Waals surface area contributed by atoms with Crippen LogP contribution in [0.5, 0.6) is 0 Å². The number of rotatable bonds is 2. The molecule has 0 bridgehead atoms. The average Bonchev–Trinajstić information content (AvgIpc) is 1.84. The molecular formula is C6H10F2. The zero-order valence-electron chi connectivity index (χ0n) is 5.17. The summed E-state index contributed by atoms with van der Waals surface area (Å²) < 4.78 is 24.1. The highest BCUT2D eigenvalue weighted by atomic mass is 19.2. The van der Waals surface area contributed by atoms with E-state index in [-0.39, 0.29) is 12.8 Å². The van der Waals surface area contributed by atoms with E-state index in [4.69, 9.17) is 0 Å². The molecule has 0 aromatic heterocycles. The van der Waals surface area contributed by atoms with E-state index in [1.807, 2.05) is 0 Å². The molecule has 0 heterocycles. The second-order valence-electron chi connectivity index (χ2n) is 1.52. The summed E-state index contributed by atoms with van der Waals surface area (Å²) in [6.45, 7) is 3.18. The molecule has 0 atom stereocenters. The highest BCUT2D eigenvalue weighted by molar-refractivity contribution is 4.97. The molecule has 0 fully saturated rings. The summed E-state index contributed by atoms with van der Waals surface area (Å²) in [6.07, 6.45) is 0.333. The molecule has 0 rings (SSSR count). The summed E-state index contributed by atoms with van der Waals surface area (Å²) in [5.74, 6) is -1.24. The van der Waals surface area contributed by atoms with Gasteiger partial charge in [0.1, 0.15) is 11.7 Å². The average molecular weight is 120 g/mol. The van der Waals surface area contributed by atoms with E-state index in [1.165, 1.54) is 0 Å². The molecule has 0 amide bonds. The van der Waals surface area contributed by atoms with Crippen LogP contribution in [-0.4, -0.2) is 0 Å². The van der Waals surface area contributed by atoms with Crippen molar-refractivity contribution in [2.24, 2.45) is 0 Å². The van der Waals surface area contributed by atoms with Gasteiger partial charge < -0.3 is 0 Å². The van der Waals surface area contributed by atoms with Crippen molar-refractivity contribution in [1.29, 1.82) is 0 Å². The molecule has 0 radical (unpaired) electrons. The third kappa shape index (κ3) is 2.05. The molecule has 0 saturated carbocycles. The Morgan fingerprint density at radius 1 is 1.00 bits per heavy atom. The number of hydrogen-bond acceptors (Lipinski definition) is 0. The standard InChI is InChI=1S/C6H10F2/c1-3-5(7)6(8)4-2/h3-4H2,1-2H3. The lowest BCUT2D eigenvalue weighted by atomic mass is 10.3. The van der Waals surface area contributed by atoms with Gasteiger partial charge in [0.15, 0.2) is 0 Å². The number of allylic oxidation sites excluding steroid dienone is 2. The van der Waals surface area contributed by atoms with E-state index in [9.17, 15) is 8.78 Å². The Hall–Kier alpha value is -0.400. The SMILES string of the molecule is CCC(F)=C(F)CC. The van der Waals surface area contributed by atoms with E-state index in [2.05, 4.69) is 0 Å². The first-order valence-corrected chi connectivity index (χ1v) is 2.75. The highest BCUT2D eigenvalue weighted by Crippen LogP contribution is 2.13. The molecule has 0 unspecified atom stereocenters. The zero-order chi connectivity index (χ0) is 6.57. The highest BCUT2D eigenvalue weighted by Gasteiger charge is 1.98. The summed E-state index contributed by atoms with van der Waals surface area (Å²) in [4.78, 5) is 0. The van der Waals surface area contributed by atoms with Crippen molar-refractivity contribution in [3.8, 4) is 0 Å². The van der Waals surface area contributed by atoms with E-state index in [1.54, 1.807) is 13.8 Å². The topological polar surface area (TPSA) is 0 Å². The van der Waals surface area contributed by atoms with Crippen molar-refractivity contribution in [1.82, 2.24) is 0 Å². The molecule has 0 aliphatic carbocycles. The third-order valence-electron chi connectivity index (χ3n) is 0.915. The summed E-state index contributed by atoms with van der Waals surface area (Å²) in [7, 11) is 0. The van der Waals surface area contributed by atoms with Crippen molar-refractivity contribution < 1.29 is 8.78 Å². The van der Waals surface area contributed by atoms with Crippen molar-refractivity contribution in [3.05, 3.63) is 11.7 Å². The van der Waals surface area contributed by atoms with Gasteiger partial charge in [0.25, 0.3) is 0 Å². The maximum absolute atomic E-state index is 12.0. The Morgan fingerprint density at radius 2 is 1.25 bits per heavy atom. The third-order valence-corrected chi connectivity index (χ3v) is 0.915. The fourth-order valence-electron chi connectivity index (χ4n) is 0.384. The first-order valence-electron chi connectivity index (χ1n) is 2.75. The number of halogens is 2. The van der Waals surface area contributed by atoms with Crippen LogP contribution >= 0.6 is 0 Å². The van der Waals surface area contributed by atoms with Gasteiger partial charge in [-0.25, -0.2) is 8.78 Å². The normalized spacial score (nSPS) is 13.5. The summed E-state index contributed by atoms with van der Waals surface area (Å²) >= 11 is 0. The van der Waals surface area contributed by atoms with Crippen LogP contribution in [0.2, 0.25) is 0 Å². The Balaban J connectivity index is 3.83. The van der Waals surface area contributed by atoms with Crippen LogP contribution in [0, 0.1) is 0 Å². The van der Waals surface area contributed by atoms with Gasteiger partial charge >= 0.3 is 0 Å². The van der Waals surface area contributed by atoms with Gasteiger partial charge in [-0.3, -0.25) is 0 Å². The van der Waals surface area contributed by atoms with Gasteiger partial charge in [-0.1, -0.05) is 13.8 Å². The largest absolute Gasteiger partial charge is 0.209 e. The van der Waals surface area contributed by atoms with Crippen LogP contribution in [0.15, 0.2) is 11.7 Å². The quantitative estimate of drug-likeness (QED) is 0.525. The van der Waals surface area contributed by atoms with Crippen molar-refractivity contribution in [2.45, 2.75) is 26.7 Å². The second kappa shape index (κ2) is 3.58. The van der Waals surface area contributed by atoms with Gasteiger partial charge in [0.2, 0.25) is 0 Å². The summed E-state index contributed by atoms with van der Waals surface area (Å²) in [6, 6.07) is 0. The van der Waals surface area contributed by atoms with Gasteiger partial charge in [-0.05, 0) is 12.8 Å². The Morgan fingerprint density at radius 3 is 1.38 bits per heavy atom. The first kappa shape index (κ1) is 7.60. The molecule has 0 spiro atoms. The fraction of sp³-hybridized carbons (Fsp3) is 0.667. The minimum atomic E-state index is -0.618. The molecule has 0 N–H and O–H groups in total. The van der Waals surface area contributed by atoms with E-state index in [0.29, 0.717) is 0 Å². The van der Waals surface area contributed by atoms with Gasteiger partial charge in [0, 0.05) is 0 Å². The molecule has 0 aromatic carbocycles. The molecule has 8 heavy (non-hydrogen) atoms. The van der Waals surface area contributed by atoms with Gasteiger partial charge in [-0.2, -0.15) is 0 Å². The molecule has 48 valence electrons. The second-order valence-corrected chi connectivity index (χ2v) is 1.52. The van der Waals surface area contributed by atoms with Crippen molar-refractivity contribution in [2.75, 3.05) is 0 Å². The molecule has 2 heteroatoms. The molecular weight excluding hydrogens is 110 g/mol. The maximum Gasteiger partial charge on any atom is 0.131 e. The van der Waals surface area contributed by atoms with Crippen LogP contribution < -0.4 is 0 Å². The zero-order valence-corrected chi connectivity index (χ0v) is 5.17. The van der Waals surface area contributed by atoms with Gasteiger partial charge in [-0.15, -0.1) is 0 Å². The smallest absolute Gasteiger partial charge is 0.131 e. The van der Waals surface area contributed by atoms with Crippen LogP contribution in [0.25, 0.3) is 0 Å². The van der Waals surface area contributed by atoms with E-state index in [0.717, 1.165) is 0 Å². The van der Waals surface area contributed by atoms with Gasteiger partial charge in [0.05, 0.1) is 0 Å². The Kier molecular flexibility index (Phi) is 3.40. The van der Waals surface area contributed by atoms with Crippen LogP contribution in [0.4, 0.5) is 8.78 Å². The molecule has 0 aromatic rings. The van der Waals surface area contributed by atoms with Crippen molar-refractivity contribution >= 4 is 0 Å². The predicted molar refractivity (Wildman–Crippen MR) is 29.8 cm³/mol. The fourth-order valence-corrected chi connectivity index (χ4v) is 0.384. The number of hydrogen-bond donors (Lipinski definition) is 0. The Labute approximate surface area is 48.2 Å². The maximum atomic E-state index is 12.0. The molecule has 0 aliphatic rings. The lowest BCUT2D eigenvalue weighted by molar-refractivity contribution is 0.500. The van der Waals surface area contributed by atoms with Crippen LogP contribution in [0.3, 0.4) is 0 Å². The first-order chi connectivity index (χ1) is 3.72. The summed E-state index contributed by atoms with van der Waals surface area (Å²) in [5.41, 5.74) is 0. The monoisotopic (exact) mass is 120 g/mol. The minimum Gasteiger partial charge on any atom is -0.209 e. The lowest BCUT2D eigenvalue weighted by Gasteiger charge is -1.90. The molecule has 0 aliphatic heterocycles. The molecule has 0 saturated heterocycles.